The van der Waals surface area contributed by atoms with Crippen LogP contribution in [0.3, 0.4) is 0 Å². The number of alkyl halides is 3. The van der Waals surface area contributed by atoms with Crippen molar-refractivity contribution in [1.82, 2.24) is 4.98 Å². The van der Waals surface area contributed by atoms with Crippen LogP contribution in [-0.4, -0.2) is 23.0 Å². The van der Waals surface area contributed by atoms with E-state index in [0.29, 0.717) is 11.3 Å². The van der Waals surface area contributed by atoms with Crippen LogP contribution in [0.25, 0.3) is 11.5 Å². The van der Waals surface area contributed by atoms with Gasteiger partial charge >= 0.3 is 6.18 Å². The number of rotatable bonds is 3. The van der Waals surface area contributed by atoms with Gasteiger partial charge in [-0.2, -0.15) is 13.2 Å². The van der Waals surface area contributed by atoms with Crippen molar-refractivity contribution in [2.45, 2.75) is 6.18 Å². The largest absolute Gasteiger partial charge is 0.508 e. The molecule has 134 valence electrons. The summed E-state index contributed by atoms with van der Waals surface area (Å²) in [6, 6.07) is 10.3. The van der Waals surface area contributed by atoms with E-state index in [1.165, 1.54) is 36.2 Å². The first kappa shape index (κ1) is 17.5. The molecule has 8 heteroatoms. The highest BCUT2D eigenvalue weighted by atomic mass is 19.4. The van der Waals surface area contributed by atoms with Gasteiger partial charge in [0.25, 0.3) is 5.91 Å². The van der Waals surface area contributed by atoms with Crippen LogP contribution in [-0.2, 0) is 6.18 Å². The van der Waals surface area contributed by atoms with Gasteiger partial charge in [0.1, 0.15) is 12.0 Å². The Morgan fingerprint density at radius 2 is 1.69 bits per heavy atom. The monoisotopic (exact) mass is 362 g/mol. The third-order valence-electron chi connectivity index (χ3n) is 3.72. The molecule has 0 fully saturated rings. The highest BCUT2D eigenvalue weighted by molar-refractivity contribution is 6.04. The van der Waals surface area contributed by atoms with E-state index in [1.807, 2.05) is 0 Å². The van der Waals surface area contributed by atoms with E-state index in [0.717, 1.165) is 18.4 Å². The molecular formula is C18H13F3N2O3. The molecule has 1 N–H and O–H groups in total. The first-order valence-corrected chi connectivity index (χ1v) is 7.46. The van der Waals surface area contributed by atoms with E-state index in [4.69, 9.17) is 4.42 Å². The van der Waals surface area contributed by atoms with Gasteiger partial charge in [-0.3, -0.25) is 4.79 Å². The van der Waals surface area contributed by atoms with E-state index in [9.17, 15) is 23.1 Å². The predicted octanol–water partition coefficient (Wildman–Crippen LogP) is 4.34. The molecule has 0 aliphatic carbocycles. The molecule has 1 heterocycles. The molecule has 0 spiro atoms. The third kappa shape index (κ3) is 3.53. The molecule has 1 aromatic heterocycles. The summed E-state index contributed by atoms with van der Waals surface area (Å²) >= 11 is 0. The summed E-state index contributed by atoms with van der Waals surface area (Å²) in [4.78, 5) is 17.8. The number of halogens is 3. The summed E-state index contributed by atoms with van der Waals surface area (Å²) in [5, 5.41) is 9.29. The Morgan fingerprint density at radius 3 is 2.27 bits per heavy atom. The minimum atomic E-state index is -4.43. The zero-order valence-corrected chi connectivity index (χ0v) is 13.5. The molecule has 0 bridgehead atoms. The molecule has 0 aliphatic rings. The van der Waals surface area contributed by atoms with Crippen LogP contribution in [0.15, 0.2) is 59.2 Å². The number of hydrogen-bond donors (Lipinski definition) is 1. The molecule has 2 aromatic carbocycles. The summed E-state index contributed by atoms with van der Waals surface area (Å²) < 4.78 is 43.0. The van der Waals surface area contributed by atoms with E-state index in [2.05, 4.69) is 4.98 Å². The van der Waals surface area contributed by atoms with Gasteiger partial charge in [-0.15, -0.1) is 0 Å². The van der Waals surface area contributed by atoms with E-state index >= 15 is 0 Å². The molecule has 1 amide bonds. The van der Waals surface area contributed by atoms with Crippen molar-refractivity contribution in [1.29, 1.82) is 0 Å². The Labute approximate surface area is 146 Å². The molecule has 0 aliphatic heterocycles. The Hall–Kier alpha value is -3.29. The molecule has 26 heavy (non-hydrogen) atoms. The molecule has 0 radical (unpaired) electrons. The minimum Gasteiger partial charge on any atom is -0.508 e. The van der Waals surface area contributed by atoms with Crippen molar-refractivity contribution in [3.05, 3.63) is 66.1 Å². The van der Waals surface area contributed by atoms with Gasteiger partial charge in [-0.25, -0.2) is 4.98 Å². The summed E-state index contributed by atoms with van der Waals surface area (Å²) in [6.07, 6.45) is -3.28. The molecule has 0 atom stereocenters. The maximum absolute atomic E-state index is 12.6. The number of benzene rings is 2. The summed E-state index contributed by atoms with van der Waals surface area (Å²) in [7, 11) is 1.53. The van der Waals surface area contributed by atoms with E-state index in [1.54, 1.807) is 12.1 Å². The number of phenols is 1. The van der Waals surface area contributed by atoms with Crippen LogP contribution in [0.4, 0.5) is 18.9 Å². The molecular weight excluding hydrogens is 349 g/mol. The number of hydrogen-bond acceptors (Lipinski definition) is 4. The number of amides is 1. The van der Waals surface area contributed by atoms with Crippen molar-refractivity contribution >= 4 is 11.6 Å². The highest BCUT2D eigenvalue weighted by Crippen LogP contribution is 2.31. The van der Waals surface area contributed by atoms with Crippen LogP contribution in [0.1, 0.15) is 16.1 Å². The summed E-state index contributed by atoms with van der Waals surface area (Å²) in [5.41, 5.74) is 0.0860. The Morgan fingerprint density at radius 1 is 1.08 bits per heavy atom. The quantitative estimate of drug-likeness (QED) is 0.753. The Bertz CT molecular complexity index is 916. The van der Waals surface area contributed by atoms with Crippen LogP contribution in [0.2, 0.25) is 0 Å². The summed E-state index contributed by atoms with van der Waals surface area (Å²) in [5.74, 6) is -0.348. The van der Waals surface area contributed by atoms with Gasteiger partial charge in [-0.05, 0) is 48.5 Å². The molecule has 0 saturated carbocycles. The van der Waals surface area contributed by atoms with Crippen molar-refractivity contribution in [2.75, 3.05) is 11.9 Å². The standard InChI is InChI=1S/C18H13F3N2O3/c1-23(13-6-8-14(24)9-7-13)17(25)15-10-26-16(22-15)11-2-4-12(5-3-11)18(19,20)21/h2-10,24H,1H3. The lowest BCUT2D eigenvalue weighted by Crippen LogP contribution is -2.26. The fourth-order valence-electron chi connectivity index (χ4n) is 2.27. The second-order valence-corrected chi connectivity index (χ2v) is 5.49. The number of carbonyl (C=O) groups is 1. The second-order valence-electron chi connectivity index (χ2n) is 5.49. The first-order chi connectivity index (χ1) is 12.3. The third-order valence-corrected chi connectivity index (χ3v) is 3.72. The number of aromatic nitrogens is 1. The lowest BCUT2D eigenvalue weighted by molar-refractivity contribution is -0.137. The maximum atomic E-state index is 12.6. The maximum Gasteiger partial charge on any atom is 0.416 e. The number of anilines is 1. The molecule has 5 nitrogen and oxygen atoms in total. The Balaban J connectivity index is 1.80. The van der Waals surface area contributed by atoms with Crippen LogP contribution in [0.5, 0.6) is 5.75 Å². The van der Waals surface area contributed by atoms with Gasteiger partial charge in [0.15, 0.2) is 5.69 Å². The van der Waals surface area contributed by atoms with Gasteiger partial charge in [0, 0.05) is 18.3 Å². The average molecular weight is 362 g/mol. The molecule has 0 unspecified atom stereocenters. The Kier molecular flexibility index (Phi) is 4.41. The molecule has 3 aromatic rings. The van der Waals surface area contributed by atoms with Crippen molar-refractivity contribution in [3.63, 3.8) is 0 Å². The lowest BCUT2D eigenvalue weighted by Gasteiger charge is -2.15. The zero-order chi connectivity index (χ0) is 18.9. The zero-order valence-electron chi connectivity index (χ0n) is 13.5. The lowest BCUT2D eigenvalue weighted by atomic mass is 10.1. The fraction of sp³-hybridized carbons (Fsp3) is 0.111. The molecule has 0 saturated heterocycles. The number of phenolic OH excluding ortho intramolecular Hbond substituents is 1. The van der Waals surface area contributed by atoms with Gasteiger partial charge in [0.2, 0.25) is 5.89 Å². The average Bonchev–Trinajstić information content (AvgIpc) is 3.10. The van der Waals surface area contributed by atoms with Gasteiger partial charge < -0.3 is 14.4 Å². The SMILES string of the molecule is CN(C(=O)c1coc(-c2ccc(C(F)(F)F)cc2)n1)c1ccc(O)cc1. The second kappa shape index (κ2) is 6.55. The normalized spacial score (nSPS) is 11.4. The number of nitrogens with zero attached hydrogens (tertiary/aromatic N) is 2. The van der Waals surface area contributed by atoms with Crippen LogP contribution < -0.4 is 4.90 Å². The first-order valence-electron chi connectivity index (χ1n) is 7.46. The molecule has 3 rings (SSSR count). The topological polar surface area (TPSA) is 66.6 Å². The van der Waals surface area contributed by atoms with Crippen molar-refractivity contribution < 1.29 is 27.5 Å². The minimum absolute atomic E-state index is 0.00970. The summed E-state index contributed by atoms with van der Waals surface area (Å²) in [6.45, 7) is 0. The van der Waals surface area contributed by atoms with Crippen LogP contribution in [0, 0.1) is 0 Å². The van der Waals surface area contributed by atoms with Crippen molar-refractivity contribution in [2.24, 2.45) is 0 Å². The van der Waals surface area contributed by atoms with E-state index in [-0.39, 0.29) is 17.3 Å². The van der Waals surface area contributed by atoms with Gasteiger partial charge in [0.05, 0.1) is 5.56 Å². The number of aromatic hydroxyl groups is 1. The predicted molar refractivity (Wildman–Crippen MR) is 87.8 cm³/mol. The smallest absolute Gasteiger partial charge is 0.416 e. The van der Waals surface area contributed by atoms with Crippen molar-refractivity contribution in [3.8, 4) is 17.2 Å². The highest BCUT2D eigenvalue weighted by Gasteiger charge is 2.30. The van der Waals surface area contributed by atoms with Crippen LogP contribution >= 0.6 is 0 Å². The number of oxazole rings is 1. The van der Waals surface area contributed by atoms with Gasteiger partial charge in [-0.1, -0.05) is 0 Å². The number of carbonyl (C=O) groups excluding carboxylic acids is 1. The van der Waals surface area contributed by atoms with E-state index < -0.39 is 17.6 Å². The fourth-order valence-corrected chi connectivity index (χ4v) is 2.27.